The Morgan fingerprint density at radius 1 is 1.16 bits per heavy atom. The summed E-state index contributed by atoms with van der Waals surface area (Å²) in [6.45, 7) is 1.30. The van der Waals surface area contributed by atoms with Gasteiger partial charge in [0.25, 0.3) is 15.9 Å². The Morgan fingerprint density at radius 2 is 1.84 bits per heavy atom. The Morgan fingerprint density at radius 3 is 2.43 bits per heavy atom. The molecule has 37 heavy (non-hydrogen) atoms. The van der Waals surface area contributed by atoms with Gasteiger partial charge in [-0.1, -0.05) is 11.6 Å². The topological polar surface area (TPSA) is 147 Å². The molecule has 0 aliphatic heterocycles. The summed E-state index contributed by atoms with van der Waals surface area (Å²) >= 11 is 6.08. The lowest BCUT2D eigenvalue weighted by atomic mass is 9.94. The van der Waals surface area contributed by atoms with Gasteiger partial charge in [0.1, 0.15) is 16.7 Å². The van der Waals surface area contributed by atoms with Crippen LogP contribution in [0.4, 0.5) is 13.2 Å². The van der Waals surface area contributed by atoms with Crippen molar-refractivity contribution in [2.24, 2.45) is 12.5 Å². The zero-order chi connectivity index (χ0) is 27.8. The average molecular weight is 565 g/mol. The van der Waals surface area contributed by atoms with Gasteiger partial charge in [0.05, 0.1) is 18.1 Å². The molecule has 0 unspecified atom stereocenters. The second-order valence-electron chi connectivity index (χ2n) is 8.22. The number of nitrogens with zero attached hydrogens (tertiary/aromatic N) is 5. The van der Waals surface area contributed by atoms with Crippen LogP contribution in [0, 0.1) is 5.41 Å². The van der Waals surface area contributed by atoms with Crippen molar-refractivity contribution in [3.05, 3.63) is 47.0 Å². The molecule has 0 aliphatic carbocycles. The normalized spacial score (nSPS) is 12.3. The van der Waals surface area contributed by atoms with Gasteiger partial charge in [-0.05, 0) is 26.0 Å². The summed E-state index contributed by atoms with van der Waals surface area (Å²) < 4.78 is 78.1. The van der Waals surface area contributed by atoms with Crippen molar-refractivity contribution < 1.29 is 40.7 Å². The van der Waals surface area contributed by atoms with Crippen LogP contribution in [0.25, 0.3) is 5.82 Å². The summed E-state index contributed by atoms with van der Waals surface area (Å²) in [5, 5.41) is 7.30. The predicted octanol–water partition coefficient (Wildman–Crippen LogP) is 2.53. The minimum Gasteiger partial charge on any atom is -0.476 e. The maximum atomic E-state index is 13.0. The van der Waals surface area contributed by atoms with E-state index >= 15 is 0 Å². The van der Waals surface area contributed by atoms with Gasteiger partial charge < -0.3 is 9.47 Å². The molecular formula is C20H20ClF3N6O6S. The van der Waals surface area contributed by atoms with Crippen molar-refractivity contribution in [3.63, 3.8) is 0 Å². The number of hydrogen-bond donors (Lipinski definition) is 1. The molecule has 0 saturated heterocycles. The number of rotatable bonds is 8. The lowest BCUT2D eigenvalue weighted by molar-refractivity contribution is -0.219. The van der Waals surface area contributed by atoms with Gasteiger partial charge in [-0.2, -0.15) is 18.3 Å². The molecule has 3 rings (SSSR count). The summed E-state index contributed by atoms with van der Waals surface area (Å²) in [7, 11) is -2.15. The van der Waals surface area contributed by atoms with Crippen molar-refractivity contribution in [2.45, 2.75) is 24.9 Å². The number of amides is 1. The number of methoxy groups -OCH3 is 1. The molecule has 0 radical (unpaired) electrons. The van der Waals surface area contributed by atoms with Gasteiger partial charge in [-0.15, -0.1) is 5.10 Å². The van der Waals surface area contributed by atoms with Gasteiger partial charge in [0.2, 0.25) is 5.88 Å². The van der Waals surface area contributed by atoms with Crippen LogP contribution in [0.15, 0.2) is 35.5 Å². The third kappa shape index (κ3) is 6.02. The quantitative estimate of drug-likeness (QED) is 0.322. The Labute approximate surface area is 213 Å². The number of aryl methyl sites for hydroxylation is 1. The highest BCUT2D eigenvalue weighted by Crippen LogP contribution is 2.37. The average Bonchev–Trinajstić information content (AvgIpc) is 3.43. The van der Waals surface area contributed by atoms with Crippen molar-refractivity contribution in [3.8, 4) is 11.7 Å². The van der Waals surface area contributed by atoms with E-state index in [1.54, 1.807) is 4.72 Å². The molecule has 0 saturated carbocycles. The molecule has 0 fully saturated rings. The largest absolute Gasteiger partial charge is 0.476 e. The van der Waals surface area contributed by atoms with Crippen LogP contribution in [0.3, 0.4) is 0 Å². The number of halogens is 4. The second-order valence-corrected chi connectivity index (χ2v) is 10.2. The van der Waals surface area contributed by atoms with Gasteiger partial charge >= 0.3 is 12.1 Å². The fourth-order valence-electron chi connectivity index (χ4n) is 2.70. The molecule has 12 nitrogen and oxygen atoms in total. The summed E-state index contributed by atoms with van der Waals surface area (Å²) in [6.07, 6.45) is -2.13. The number of alkyl halides is 3. The predicted molar refractivity (Wildman–Crippen MR) is 121 cm³/mol. The van der Waals surface area contributed by atoms with E-state index in [1.165, 1.54) is 25.4 Å². The number of carbonyl (C=O) groups is 2. The molecule has 0 aromatic carbocycles. The lowest BCUT2D eigenvalue weighted by Gasteiger charge is -2.26. The number of esters is 1. The van der Waals surface area contributed by atoms with Crippen LogP contribution in [0.5, 0.6) is 5.88 Å². The van der Waals surface area contributed by atoms with Crippen molar-refractivity contribution in [1.82, 2.24) is 29.3 Å². The van der Waals surface area contributed by atoms with Crippen LogP contribution in [0.1, 0.15) is 34.7 Å². The summed E-state index contributed by atoms with van der Waals surface area (Å²) in [5.41, 5.74) is -2.96. The molecule has 0 bridgehead atoms. The fourth-order valence-corrected chi connectivity index (χ4v) is 4.07. The lowest BCUT2D eigenvalue weighted by Crippen LogP contribution is -2.37. The van der Waals surface area contributed by atoms with E-state index in [2.05, 4.69) is 19.9 Å². The standard InChI is InChI=1S/C20H20ClF3N6O6S/c1-19(2,20(22,23)24)10-36-14-7-8-30(26-14)13-6-5-11(16(21)25-13)17(31)28-37(33,34)12-9-29(3)27-15(12)18(32)35-4/h5-9H,10H2,1-4H3,(H,28,31). The van der Waals surface area contributed by atoms with E-state index in [0.717, 1.165) is 42.6 Å². The summed E-state index contributed by atoms with van der Waals surface area (Å²) in [6, 6.07) is 3.74. The van der Waals surface area contributed by atoms with E-state index in [4.69, 9.17) is 16.3 Å². The molecule has 3 aromatic heterocycles. The van der Waals surface area contributed by atoms with Crippen LogP contribution < -0.4 is 9.46 Å². The highest BCUT2D eigenvalue weighted by Gasteiger charge is 2.48. The smallest absolute Gasteiger partial charge is 0.397 e. The third-order valence-electron chi connectivity index (χ3n) is 4.92. The molecule has 3 aromatic rings. The molecular weight excluding hydrogens is 545 g/mol. The highest BCUT2D eigenvalue weighted by atomic mass is 35.5. The monoisotopic (exact) mass is 564 g/mol. The molecule has 0 aliphatic rings. The Bertz CT molecular complexity index is 1450. The fraction of sp³-hybridized carbons (Fsp3) is 0.350. The molecule has 1 amide bonds. The number of hydrogen-bond acceptors (Lipinski definition) is 9. The zero-order valence-corrected chi connectivity index (χ0v) is 21.3. The Balaban J connectivity index is 1.77. The summed E-state index contributed by atoms with van der Waals surface area (Å²) in [5.74, 6) is -2.22. The van der Waals surface area contributed by atoms with E-state index in [1.807, 2.05) is 0 Å². The first-order chi connectivity index (χ1) is 17.1. The molecule has 17 heteroatoms. The van der Waals surface area contributed by atoms with Gasteiger partial charge in [0, 0.05) is 25.5 Å². The maximum absolute atomic E-state index is 13.0. The Kier molecular flexibility index (Phi) is 7.55. The first-order valence-electron chi connectivity index (χ1n) is 10.2. The molecule has 0 atom stereocenters. The maximum Gasteiger partial charge on any atom is 0.397 e. The number of ether oxygens (including phenoxy) is 2. The molecule has 200 valence electrons. The number of pyridine rings is 1. The van der Waals surface area contributed by atoms with E-state index in [0.29, 0.717) is 0 Å². The molecule has 1 N–H and O–H groups in total. The van der Waals surface area contributed by atoms with Crippen molar-refractivity contribution in [1.29, 1.82) is 0 Å². The van der Waals surface area contributed by atoms with Crippen molar-refractivity contribution in [2.75, 3.05) is 13.7 Å². The van der Waals surface area contributed by atoms with E-state index < -0.39 is 55.8 Å². The first-order valence-corrected chi connectivity index (χ1v) is 12.0. The number of nitrogens with one attached hydrogen (secondary N) is 1. The third-order valence-corrected chi connectivity index (χ3v) is 6.54. The highest BCUT2D eigenvalue weighted by molar-refractivity contribution is 7.90. The SMILES string of the molecule is COC(=O)c1nn(C)cc1S(=O)(=O)NC(=O)c1ccc(-n2ccc(OCC(C)(C)C(F)(F)F)n2)nc1Cl. The Hall–Kier alpha value is -3.66. The van der Waals surface area contributed by atoms with Gasteiger partial charge in [-0.3, -0.25) is 9.48 Å². The minimum absolute atomic E-state index is 0.0644. The van der Waals surface area contributed by atoms with Crippen molar-refractivity contribution >= 4 is 33.5 Å². The van der Waals surface area contributed by atoms with Crippen LogP contribution in [0.2, 0.25) is 5.15 Å². The zero-order valence-electron chi connectivity index (χ0n) is 19.7. The molecule has 3 heterocycles. The number of sulfonamides is 1. The van der Waals surface area contributed by atoms with Crippen LogP contribution >= 0.6 is 11.6 Å². The van der Waals surface area contributed by atoms with E-state index in [-0.39, 0.29) is 17.3 Å². The van der Waals surface area contributed by atoms with Crippen LogP contribution in [-0.4, -0.2) is 64.7 Å². The summed E-state index contributed by atoms with van der Waals surface area (Å²) in [4.78, 5) is 27.9. The van der Waals surface area contributed by atoms with Crippen LogP contribution in [-0.2, 0) is 21.8 Å². The van der Waals surface area contributed by atoms with Gasteiger partial charge in [0.15, 0.2) is 11.5 Å². The first kappa shape index (κ1) is 27.9. The number of carbonyl (C=O) groups excluding carboxylic acids is 2. The second kappa shape index (κ2) is 10.0. The number of aromatic nitrogens is 5. The molecule has 0 spiro atoms. The minimum atomic E-state index is -4.56. The van der Waals surface area contributed by atoms with E-state index in [9.17, 15) is 31.2 Å². The van der Waals surface area contributed by atoms with Gasteiger partial charge in [-0.25, -0.2) is 27.6 Å².